The van der Waals surface area contributed by atoms with Gasteiger partial charge in [-0.15, -0.1) is 10.2 Å². The van der Waals surface area contributed by atoms with Crippen LogP contribution in [0.15, 0.2) is 4.34 Å². The Morgan fingerprint density at radius 2 is 2.18 bits per heavy atom. The molecule has 10 heteroatoms. The largest absolute Gasteiger partial charge is 0.406 e. The van der Waals surface area contributed by atoms with Gasteiger partial charge in [-0.05, 0) is 25.7 Å². The zero-order chi connectivity index (χ0) is 16.3. The van der Waals surface area contributed by atoms with Gasteiger partial charge in [-0.25, -0.2) is 0 Å². The summed E-state index contributed by atoms with van der Waals surface area (Å²) in [5.74, 6) is -0.387. The van der Waals surface area contributed by atoms with E-state index in [2.05, 4.69) is 15.5 Å². The van der Waals surface area contributed by atoms with Gasteiger partial charge in [0.05, 0.1) is 5.75 Å². The third kappa shape index (κ3) is 5.01. The molecule has 1 aliphatic carbocycles. The smallest absolute Gasteiger partial charge is 0.363 e. The molecule has 0 aromatic carbocycles. The Labute approximate surface area is 134 Å². The average Bonchev–Trinajstić information content (AvgIpc) is 3.19. The Morgan fingerprint density at radius 1 is 1.50 bits per heavy atom. The lowest BCUT2D eigenvalue weighted by Crippen LogP contribution is -2.46. The number of thioether (sulfide) groups is 1. The number of hydrogen-bond acceptors (Lipinski definition) is 6. The number of alkyl halides is 3. The van der Waals surface area contributed by atoms with Crippen molar-refractivity contribution in [3.05, 3.63) is 0 Å². The van der Waals surface area contributed by atoms with Crippen LogP contribution in [0.5, 0.6) is 0 Å². The first-order valence-corrected chi connectivity index (χ1v) is 8.60. The molecule has 1 aromatic rings. The first-order valence-electron chi connectivity index (χ1n) is 6.80. The van der Waals surface area contributed by atoms with Crippen molar-refractivity contribution < 1.29 is 18.0 Å². The third-order valence-corrected chi connectivity index (χ3v) is 5.46. The van der Waals surface area contributed by atoms with E-state index in [0.29, 0.717) is 9.47 Å². The fourth-order valence-electron chi connectivity index (χ4n) is 2.06. The maximum atomic E-state index is 12.7. The molecular formula is C12H17F3N4OS2. The Balaban J connectivity index is 1.95. The van der Waals surface area contributed by atoms with E-state index in [-0.39, 0.29) is 17.7 Å². The maximum Gasteiger partial charge on any atom is 0.406 e. The first kappa shape index (κ1) is 17.3. The number of amides is 1. The van der Waals surface area contributed by atoms with Gasteiger partial charge in [-0.3, -0.25) is 4.79 Å². The average molecular weight is 354 g/mol. The lowest BCUT2D eigenvalue weighted by Gasteiger charge is -2.30. The zero-order valence-electron chi connectivity index (χ0n) is 12.2. The summed E-state index contributed by atoms with van der Waals surface area (Å²) in [6, 6.07) is -0.378. The van der Waals surface area contributed by atoms with Crippen LogP contribution in [0.4, 0.5) is 18.3 Å². The van der Waals surface area contributed by atoms with Gasteiger partial charge in [-0.2, -0.15) is 13.2 Å². The van der Waals surface area contributed by atoms with Crippen molar-refractivity contribution >= 4 is 34.1 Å². The van der Waals surface area contributed by atoms with Gasteiger partial charge in [0.15, 0.2) is 4.34 Å². The molecule has 0 radical (unpaired) electrons. The van der Waals surface area contributed by atoms with Gasteiger partial charge in [0.2, 0.25) is 11.0 Å². The van der Waals surface area contributed by atoms with E-state index in [1.54, 1.807) is 14.0 Å². The minimum absolute atomic E-state index is 0.0640. The van der Waals surface area contributed by atoms with Gasteiger partial charge in [0, 0.05) is 13.1 Å². The topological polar surface area (TPSA) is 58.1 Å². The molecule has 0 saturated heterocycles. The van der Waals surface area contributed by atoms with Gasteiger partial charge in [0.1, 0.15) is 6.54 Å². The Kier molecular flexibility index (Phi) is 5.54. The Bertz CT molecular complexity index is 519. The van der Waals surface area contributed by atoms with Crippen molar-refractivity contribution in [2.24, 2.45) is 5.92 Å². The molecule has 2 rings (SSSR count). The van der Waals surface area contributed by atoms with Crippen molar-refractivity contribution in [1.29, 1.82) is 0 Å². The second-order valence-electron chi connectivity index (χ2n) is 5.13. The van der Waals surface area contributed by atoms with Crippen LogP contribution in [-0.2, 0) is 4.79 Å². The molecule has 124 valence electrons. The quantitative estimate of drug-likeness (QED) is 0.763. The molecule has 0 bridgehead atoms. The molecule has 0 unspecified atom stereocenters. The second-order valence-corrected chi connectivity index (χ2v) is 7.33. The summed E-state index contributed by atoms with van der Waals surface area (Å²) in [5.41, 5.74) is 0. The van der Waals surface area contributed by atoms with Crippen LogP contribution in [0.2, 0.25) is 0 Å². The normalized spacial score (nSPS) is 16.4. The molecule has 1 saturated carbocycles. The highest BCUT2D eigenvalue weighted by atomic mass is 32.2. The fraction of sp³-hybridized carbons (Fsp3) is 0.750. The van der Waals surface area contributed by atoms with Crippen LogP contribution in [0, 0.1) is 5.92 Å². The van der Waals surface area contributed by atoms with E-state index in [9.17, 15) is 18.0 Å². The summed E-state index contributed by atoms with van der Waals surface area (Å²) in [6.45, 7) is 0.498. The SMILES string of the molecule is CNc1nnc(SCC(=O)N(CC(F)(F)F)[C@@H](C)C2CC2)s1. The monoisotopic (exact) mass is 354 g/mol. The van der Waals surface area contributed by atoms with E-state index in [0.717, 1.165) is 29.5 Å². The molecule has 1 N–H and O–H groups in total. The highest BCUT2D eigenvalue weighted by molar-refractivity contribution is 8.01. The highest BCUT2D eigenvalue weighted by Crippen LogP contribution is 2.36. The molecule has 1 amide bonds. The number of carbonyl (C=O) groups excluding carboxylic acids is 1. The number of nitrogens with zero attached hydrogens (tertiary/aromatic N) is 3. The minimum Gasteiger partial charge on any atom is -0.363 e. The van der Waals surface area contributed by atoms with E-state index in [1.165, 1.54) is 11.3 Å². The summed E-state index contributed by atoms with van der Waals surface area (Å²) >= 11 is 2.38. The lowest BCUT2D eigenvalue weighted by molar-refractivity contribution is -0.164. The van der Waals surface area contributed by atoms with Gasteiger partial charge < -0.3 is 10.2 Å². The van der Waals surface area contributed by atoms with Crippen molar-refractivity contribution in [2.45, 2.75) is 36.3 Å². The zero-order valence-corrected chi connectivity index (χ0v) is 13.8. The molecule has 1 fully saturated rings. The van der Waals surface area contributed by atoms with Crippen LogP contribution in [0.1, 0.15) is 19.8 Å². The predicted octanol–water partition coefficient (Wildman–Crippen LogP) is 2.86. The van der Waals surface area contributed by atoms with Crippen molar-refractivity contribution in [1.82, 2.24) is 15.1 Å². The summed E-state index contributed by atoms with van der Waals surface area (Å²) in [5, 5.41) is 11.1. The Morgan fingerprint density at radius 3 is 2.68 bits per heavy atom. The van der Waals surface area contributed by atoms with Crippen molar-refractivity contribution in [3.8, 4) is 0 Å². The molecule has 1 heterocycles. The van der Waals surface area contributed by atoms with E-state index < -0.39 is 18.6 Å². The number of rotatable bonds is 7. The molecule has 0 spiro atoms. The molecule has 22 heavy (non-hydrogen) atoms. The molecule has 5 nitrogen and oxygen atoms in total. The molecule has 1 atom stereocenters. The molecule has 0 aliphatic heterocycles. The lowest BCUT2D eigenvalue weighted by atomic mass is 10.2. The number of hydrogen-bond donors (Lipinski definition) is 1. The minimum atomic E-state index is -4.38. The second kappa shape index (κ2) is 7.03. The van der Waals surface area contributed by atoms with Crippen LogP contribution >= 0.6 is 23.1 Å². The van der Waals surface area contributed by atoms with Crippen molar-refractivity contribution in [2.75, 3.05) is 24.7 Å². The summed E-state index contributed by atoms with van der Waals surface area (Å²) in [7, 11) is 1.70. The molecule has 1 aliphatic rings. The third-order valence-electron chi connectivity index (χ3n) is 3.41. The summed E-state index contributed by atoms with van der Waals surface area (Å²) in [6.07, 6.45) is -2.61. The van der Waals surface area contributed by atoms with Crippen LogP contribution in [-0.4, -0.2) is 52.6 Å². The van der Waals surface area contributed by atoms with Gasteiger partial charge >= 0.3 is 6.18 Å². The highest BCUT2D eigenvalue weighted by Gasteiger charge is 2.40. The van der Waals surface area contributed by atoms with Crippen molar-refractivity contribution in [3.63, 3.8) is 0 Å². The Hall–Kier alpha value is -1.03. The number of carbonyl (C=O) groups is 1. The number of nitrogens with one attached hydrogen (secondary N) is 1. The summed E-state index contributed by atoms with van der Waals surface area (Å²) in [4.78, 5) is 13.1. The molecular weight excluding hydrogens is 337 g/mol. The predicted molar refractivity (Wildman–Crippen MR) is 80.1 cm³/mol. The van der Waals surface area contributed by atoms with E-state index in [4.69, 9.17) is 0 Å². The van der Waals surface area contributed by atoms with E-state index >= 15 is 0 Å². The standard InChI is InChI=1S/C12H17F3N4OS2/c1-7(8-3-4-8)19(6-12(13,14)15)9(20)5-21-11-18-17-10(16-2)22-11/h7-8H,3-6H2,1-2H3,(H,16,17)/t7-/m0/s1. The number of aromatic nitrogens is 2. The van der Waals surface area contributed by atoms with Crippen LogP contribution in [0.3, 0.4) is 0 Å². The van der Waals surface area contributed by atoms with E-state index in [1.807, 2.05) is 0 Å². The van der Waals surface area contributed by atoms with Gasteiger partial charge in [-0.1, -0.05) is 23.1 Å². The molecule has 1 aromatic heterocycles. The van der Waals surface area contributed by atoms with Crippen LogP contribution < -0.4 is 5.32 Å². The van der Waals surface area contributed by atoms with Crippen LogP contribution in [0.25, 0.3) is 0 Å². The summed E-state index contributed by atoms with van der Waals surface area (Å²) < 4.78 is 38.6. The first-order chi connectivity index (χ1) is 10.3. The number of halogens is 3. The maximum absolute atomic E-state index is 12.7. The number of anilines is 1. The fourth-order valence-corrected chi connectivity index (χ4v) is 3.65. The van der Waals surface area contributed by atoms with Gasteiger partial charge in [0.25, 0.3) is 0 Å².